The molecule has 0 aliphatic heterocycles. The Morgan fingerprint density at radius 3 is 2.38 bits per heavy atom. The van der Waals surface area contributed by atoms with Gasteiger partial charge in [0.1, 0.15) is 11.9 Å². The Kier molecular flexibility index (Phi) is 7.64. The fourth-order valence-corrected chi connectivity index (χ4v) is 2.35. The number of ether oxygens (including phenoxy) is 3. The molecule has 0 aliphatic carbocycles. The van der Waals surface area contributed by atoms with Gasteiger partial charge in [0, 0.05) is 5.69 Å². The summed E-state index contributed by atoms with van der Waals surface area (Å²) in [7, 11) is 1.57. The van der Waals surface area contributed by atoms with E-state index in [2.05, 4.69) is 5.32 Å². The van der Waals surface area contributed by atoms with E-state index in [1.165, 1.54) is 0 Å². The van der Waals surface area contributed by atoms with Gasteiger partial charge in [-0.2, -0.15) is 0 Å². The van der Waals surface area contributed by atoms with Gasteiger partial charge in [0.2, 0.25) is 0 Å². The summed E-state index contributed by atoms with van der Waals surface area (Å²) < 4.78 is 15.9. The highest BCUT2D eigenvalue weighted by atomic mass is 16.5. The number of hydrogen-bond acceptors (Lipinski definition) is 6. The zero-order valence-electron chi connectivity index (χ0n) is 14.9. The van der Waals surface area contributed by atoms with Crippen LogP contribution in [0.3, 0.4) is 0 Å². The number of methoxy groups -OCH3 is 1. The summed E-state index contributed by atoms with van der Waals surface area (Å²) in [6.07, 6.45) is -0.377. The summed E-state index contributed by atoms with van der Waals surface area (Å²) >= 11 is 0. The molecular formula is C20H23NO5. The van der Waals surface area contributed by atoms with E-state index in [4.69, 9.17) is 14.2 Å². The van der Waals surface area contributed by atoms with E-state index in [0.717, 1.165) is 5.56 Å². The lowest BCUT2D eigenvalue weighted by atomic mass is 10.1. The third-order valence-corrected chi connectivity index (χ3v) is 3.70. The highest BCUT2D eigenvalue weighted by Gasteiger charge is 2.30. The van der Waals surface area contributed by atoms with Gasteiger partial charge < -0.3 is 24.3 Å². The van der Waals surface area contributed by atoms with Crippen molar-refractivity contribution in [3.8, 4) is 5.75 Å². The van der Waals surface area contributed by atoms with E-state index in [0.29, 0.717) is 17.7 Å². The Labute approximate surface area is 153 Å². The van der Waals surface area contributed by atoms with Crippen LogP contribution in [0.1, 0.15) is 12.5 Å². The molecular weight excluding hydrogens is 334 g/mol. The molecule has 0 amide bonds. The third kappa shape index (κ3) is 5.60. The van der Waals surface area contributed by atoms with Crippen molar-refractivity contribution in [3.63, 3.8) is 0 Å². The number of hydrogen-bond donors (Lipinski definition) is 1. The zero-order valence-corrected chi connectivity index (χ0v) is 14.9. The molecule has 2 rings (SSSR count). The average Bonchev–Trinajstić information content (AvgIpc) is 2.69. The topological polar surface area (TPSA) is 73.9 Å². The molecule has 0 spiro atoms. The molecule has 0 fully saturated rings. The van der Waals surface area contributed by atoms with Gasteiger partial charge in [0.15, 0.2) is 12.3 Å². The predicted molar refractivity (Wildman–Crippen MR) is 98.1 cm³/mol. The maximum absolute atomic E-state index is 12.3. The van der Waals surface area contributed by atoms with Gasteiger partial charge in [-0.05, 0) is 36.8 Å². The van der Waals surface area contributed by atoms with Gasteiger partial charge in [-0.1, -0.05) is 30.3 Å². The van der Waals surface area contributed by atoms with E-state index >= 15 is 0 Å². The molecule has 0 bridgehead atoms. The van der Waals surface area contributed by atoms with Crippen molar-refractivity contribution in [1.29, 1.82) is 0 Å². The third-order valence-electron chi connectivity index (χ3n) is 3.70. The molecule has 138 valence electrons. The average molecular weight is 357 g/mol. The van der Waals surface area contributed by atoms with E-state index in [-0.39, 0.29) is 13.2 Å². The highest BCUT2D eigenvalue weighted by Crippen LogP contribution is 2.18. The summed E-state index contributed by atoms with van der Waals surface area (Å²) in [5, 5.41) is 3.02. The quantitative estimate of drug-likeness (QED) is 0.521. The number of esters is 1. The van der Waals surface area contributed by atoms with Crippen LogP contribution in [0.5, 0.6) is 5.75 Å². The monoisotopic (exact) mass is 357 g/mol. The highest BCUT2D eigenvalue weighted by molar-refractivity contribution is 5.84. The molecule has 26 heavy (non-hydrogen) atoms. The minimum absolute atomic E-state index is 0.212. The van der Waals surface area contributed by atoms with Crippen LogP contribution >= 0.6 is 0 Å². The lowest BCUT2D eigenvalue weighted by molar-refractivity contribution is -0.149. The molecule has 6 nitrogen and oxygen atoms in total. The summed E-state index contributed by atoms with van der Waals surface area (Å²) in [6.45, 7) is 2.14. The van der Waals surface area contributed by atoms with E-state index in [1.54, 1.807) is 38.3 Å². The molecule has 1 N–H and O–H groups in total. The number of carbonyl (C=O) groups excluding carboxylic acids is 2. The smallest absolute Gasteiger partial charge is 0.331 e. The standard InChI is InChI=1S/C20H23NO5/c1-3-25-20(23)19(21-16-9-11-17(24-2)12-10-16)18(13-22)26-14-15-7-5-4-6-8-15/h4-13,18-19,21H,3,14H2,1-2H3/t18-,19+/m1/s1. The first-order valence-corrected chi connectivity index (χ1v) is 8.36. The molecule has 2 atom stereocenters. The fourth-order valence-electron chi connectivity index (χ4n) is 2.35. The second-order valence-electron chi connectivity index (χ2n) is 5.50. The number of nitrogens with one attached hydrogen (secondary N) is 1. The van der Waals surface area contributed by atoms with Crippen molar-refractivity contribution >= 4 is 17.9 Å². The number of carbonyl (C=O) groups is 2. The van der Waals surface area contributed by atoms with E-state index in [9.17, 15) is 9.59 Å². The summed E-state index contributed by atoms with van der Waals surface area (Å²) in [6, 6.07) is 15.5. The van der Waals surface area contributed by atoms with E-state index < -0.39 is 18.1 Å². The first-order chi connectivity index (χ1) is 12.7. The number of aldehydes is 1. The van der Waals surface area contributed by atoms with Crippen molar-refractivity contribution in [2.24, 2.45) is 0 Å². The lowest BCUT2D eigenvalue weighted by Gasteiger charge is -2.24. The van der Waals surface area contributed by atoms with Crippen molar-refractivity contribution in [3.05, 3.63) is 60.2 Å². The normalized spacial score (nSPS) is 12.7. The molecule has 0 aliphatic rings. The second kappa shape index (κ2) is 10.2. The van der Waals surface area contributed by atoms with Crippen LogP contribution in [0.4, 0.5) is 5.69 Å². The van der Waals surface area contributed by atoms with Gasteiger partial charge in [0.25, 0.3) is 0 Å². The van der Waals surface area contributed by atoms with Crippen LogP contribution in [0.15, 0.2) is 54.6 Å². The van der Waals surface area contributed by atoms with Crippen LogP contribution in [0, 0.1) is 0 Å². The summed E-state index contributed by atoms with van der Waals surface area (Å²) in [5.41, 5.74) is 1.56. The number of benzene rings is 2. The van der Waals surface area contributed by atoms with Crippen LogP contribution in [0.2, 0.25) is 0 Å². The number of rotatable bonds is 10. The van der Waals surface area contributed by atoms with Gasteiger partial charge >= 0.3 is 5.97 Å². The number of anilines is 1. The minimum Gasteiger partial charge on any atom is -0.497 e. The summed E-state index contributed by atoms with van der Waals surface area (Å²) in [5.74, 6) is 0.143. The molecule has 0 radical (unpaired) electrons. The molecule has 0 saturated heterocycles. The molecule has 0 heterocycles. The molecule has 2 aromatic rings. The molecule has 0 saturated carbocycles. The lowest BCUT2D eigenvalue weighted by Crippen LogP contribution is -2.44. The maximum Gasteiger partial charge on any atom is 0.331 e. The van der Waals surface area contributed by atoms with Crippen LogP contribution < -0.4 is 10.1 Å². The first kappa shape index (κ1) is 19.5. The van der Waals surface area contributed by atoms with Gasteiger partial charge in [0.05, 0.1) is 20.3 Å². The van der Waals surface area contributed by atoms with Gasteiger partial charge in [-0.25, -0.2) is 4.79 Å². The van der Waals surface area contributed by atoms with Gasteiger partial charge in [-0.15, -0.1) is 0 Å². The van der Waals surface area contributed by atoms with Crippen LogP contribution in [0.25, 0.3) is 0 Å². The zero-order chi connectivity index (χ0) is 18.8. The largest absolute Gasteiger partial charge is 0.497 e. The SMILES string of the molecule is CCOC(=O)[C@@H](Nc1ccc(OC)cc1)[C@@H](C=O)OCc1ccccc1. The predicted octanol–water partition coefficient (Wildman–Crippen LogP) is 2.82. The minimum atomic E-state index is -0.989. The molecule has 2 aromatic carbocycles. The Morgan fingerprint density at radius 2 is 1.81 bits per heavy atom. The van der Waals surface area contributed by atoms with Crippen molar-refractivity contribution in [1.82, 2.24) is 0 Å². The summed E-state index contributed by atoms with van der Waals surface area (Å²) in [4.78, 5) is 23.9. The van der Waals surface area contributed by atoms with Crippen molar-refractivity contribution in [2.45, 2.75) is 25.7 Å². The molecule has 6 heteroatoms. The Hall–Kier alpha value is -2.86. The van der Waals surface area contributed by atoms with Crippen LogP contribution in [-0.2, 0) is 25.7 Å². The Balaban J connectivity index is 2.11. The van der Waals surface area contributed by atoms with Crippen LogP contribution in [-0.4, -0.2) is 38.1 Å². The van der Waals surface area contributed by atoms with Gasteiger partial charge in [-0.3, -0.25) is 0 Å². The second-order valence-corrected chi connectivity index (χ2v) is 5.50. The first-order valence-electron chi connectivity index (χ1n) is 8.36. The van der Waals surface area contributed by atoms with Crippen molar-refractivity contribution in [2.75, 3.05) is 19.0 Å². The van der Waals surface area contributed by atoms with E-state index in [1.807, 2.05) is 30.3 Å². The molecule has 0 unspecified atom stereocenters. The Morgan fingerprint density at radius 1 is 1.12 bits per heavy atom. The maximum atomic E-state index is 12.3. The fraction of sp³-hybridized carbons (Fsp3) is 0.300. The van der Waals surface area contributed by atoms with Crippen molar-refractivity contribution < 1.29 is 23.8 Å². The molecule has 0 aromatic heterocycles. The Bertz CT molecular complexity index is 687.